The molecular weight excluding hydrogens is 260 g/mol. The van der Waals surface area contributed by atoms with E-state index in [0.29, 0.717) is 5.92 Å². The second-order valence-electron chi connectivity index (χ2n) is 4.88. The number of thiophene rings is 1. The van der Waals surface area contributed by atoms with Crippen LogP contribution < -0.4 is 0 Å². The Labute approximate surface area is 119 Å². The van der Waals surface area contributed by atoms with Crippen LogP contribution in [0.1, 0.15) is 23.1 Å². The summed E-state index contributed by atoms with van der Waals surface area (Å²) < 4.78 is 0. The van der Waals surface area contributed by atoms with Crippen molar-refractivity contribution in [2.24, 2.45) is 5.92 Å². The van der Waals surface area contributed by atoms with Crippen LogP contribution in [0.25, 0.3) is 0 Å². The van der Waals surface area contributed by atoms with Gasteiger partial charge in [0, 0.05) is 5.88 Å². The van der Waals surface area contributed by atoms with E-state index in [1.54, 1.807) is 11.3 Å². The molecule has 1 atom stereocenters. The number of hydrogen-bond acceptors (Lipinski definition) is 1. The van der Waals surface area contributed by atoms with Crippen LogP contribution in [0.15, 0.2) is 41.1 Å². The topological polar surface area (TPSA) is 0 Å². The Balaban J connectivity index is 1.87. The van der Waals surface area contributed by atoms with Gasteiger partial charge >= 0.3 is 0 Å². The second kappa shape index (κ2) is 6.96. The molecule has 2 rings (SSSR count). The lowest BCUT2D eigenvalue weighted by atomic mass is 9.95. The minimum absolute atomic E-state index is 0.578. The molecule has 0 saturated heterocycles. The molecule has 0 saturated carbocycles. The van der Waals surface area contributed by atoms with Crippen molar-refractivity contribution in [3.63, 3.8) is 0 Å². The zero-order valence-corrected chi connectivity index (χ0v) is 12.3. The first-order valence-corrected chi connectivity index (χ1v) is 7.88. The molecule has 0 nitrogen and oxygen atoms in total. The second-order valence-corrected chi connectivity index (χ2v) is 5.97. The summed E-state index contributed by atoms with van der Waals surface area (Å²) in [4.78, 5) is 0. The molecule has 18 heavy (non-hydrogen) atoms. The summed E-state index contributed by atoms with van der Waals surface area (Å²) >= 11 is 7.86. The maximum atomic E-state index is 6.09. The zero-order chi connectivity index (χ0) is 12.8. The Bertz CT molecular complexity index is 444. The van der Waals surface area contributed by atoms with Gasteiger partial charge in [-0.1, -0.05) is 29.8 Å². The van der Waals surface area contributed by atoms with Crippen molar-refractivity contribution in [3.05, 3.63) is 57.8 Å². The molecule has 1 aromatic carbocycles. The van der Waals surface area contributed by atoms with Crippen molar-refractivity contribution in [1.29, 1.82) is 0 Å². The molecule has 0 N–H and O–H groups in total. The van der Waals surface area contributed by atoms with Gasteiger partial charge in [0.2, 0.25) is 0 Å². The fourth-order valence-electron chi connectivity index (χ4n) is 2.10. The standard InChI is InChI=1S/C16H19ClS/c1-13-2-4-14(5-3-13)10-16(11-17)7-6-15-8-9-18-12-15/h2-5,8-9,12,16H,6-7,10-11H2,1H3. The van der Waals surface area contributed by atoms with Crippen LogP contribution in [-0.4, -0.2) is 5.88 Å². The van der Waals surface area contributed by atoms with Gasteiger partial charge in [-0.25, -0.2) is 0 Å². The van der Waals surface area contributed by atoms with E-state index < -0.39 is 0 Å². The minimum Gasteiger partial charge on any atom is -0.152 e. The summed E-state index contributed by atoms with van der Waals surface area (Å²) in [5, 5.41) is 4.38. The molecule has 0 bridgehead atoms. The Morgan fingerprint density at radius 3 is 2.50 bits per heavy atom. The molecule has 1 heterocycles. The summed E-state index contributed by atoms with van der Waals surface area (Å²) in [5.74, 6) is 1.33. The molecule has 1 unspecified atom stereocenters. The maximum absolute atomic E-state index is 6.09. The normalized spacial score (nSPS) is 12.6. The van der Waals surface area contributed by atoms with E-state index in [9.17, 15) is 0 Å². The average Bonchev–Trinajstić information content (AvgIpc) is 2.90. The van der Waals surface area contributed by atoms with E-state index in [4.69, 9.17) is 11.6 Å². The molecule has 0 radical (unpaired) electrons. The van der Waals surface area contributed by atoms with Gasteiger partial charge in [-0.15, -0.1) is 11.6 Å². The predicted molar refractivity (Wildman–Crippen MR) is 81.7 cm³/mol. The van der Waals surface area contributed by atoms with Gasteiger partial charge in [-0.3, -0.25) is 0 Å². The lowest BCUT2D eigenvalue weighted by Crippen LogP contribution is -2.07. The Morgan fingerprint density at radius 1 is 1.11 bits per heavy atom. The third-order valence-corrected chi connectivity index (χ3v) is 4.45. The molecule has 0 spiro atoms. The highest BCUT2D eigenvalue weighted by Gasteiger charge is 2.09. The molecule has 0 fully saturated rings. The highest BCUT2D eigenvalue weighted by atomic mass is 35.5. The summed E-state index contributed by atoms with van der Waals surface area (Å²) in [5.41, 5.74) is 4.16. The summed E-state index contributed by atoms with van der Waals surface area (Å²) in [7, 11) is 0. The highest BCUT2D eigenvalue weighted by Crippen LogP contribution is 2.18. The monoisotopic (exact) mass is 278 g/mol. The van der Waals surface area contributed by atoms with Crippen LogP contribution >= 0.6 is 22.9 Å². The van der Waals surface area contributed by atoms with Crippen molar-refractivity contribution in [3.8, 4) is 0 Å². The van der Waals surface area contributed by atoms with Crippen LogP contribution in [-0.2, 0) is 12.8 Å². The molecule has 0 aliphatic rings. The van der Waals surface area contributed by atoms with Crippen LogP contribution in [0.3, 0.4) is 0 Å². The smallest absolute Gasteiger partial charge is 0.0255 e. The largest absolute Gasteiger partial charge is 0.152 e. The van der Waals surface area contributed by atoms with Crippen LogP contribution in [0.5, 0.6) is 0 Å². The SMILES string of the molecule is Cc1ccc(CC(CCl)CCc2ccsc2)cc1. The first-order valence-electron chi connectivity index (χ1n) is 6.40. The number of halogens is 1. The molecule has 0 aliphatic carbocycles. The van der Waals surface area contributed by atoms with E-state index in [2.05, 4.69) is 48.0 Å². The zero-order valence-electron chi connectivity index (χ0n) is 10.7. The summed E-state index contributed by atoms with van der Waals surface area (Å²) in [6.45, 7) is 2.12. The molecule has 0 aliphatic heterocycles. The van der Waals surface area contributed by atoms with Crippen LogP contribution in [0, 0.1) is 12.8 Å². The van der Waals surface area contributed by atoms with Gasteiger partial charge < -0.3 is 0 Å². The third-order valence-electron chi connectivity index (χ3n) is 3.28. The van der Waals surface area contributed by atoms with Gasteiger partial charge in [0.15, 0.2) is 0 Å². The Kier molecular flexibility index (Phi) is 5.27. The van der Waals surface area contributed by atoms with Crippen molar-refractivity contribution in [1.82, 2.24) is 0 Å². The predicted octanol–water partition coefficient (Wildman–Crippen LogP) is 5.09. The fraction of sp³-hybridized carbons (Fsp3) is 0.375. The molecule has 2 aromatic rings. The maximum Gasteiger partial charge on any atom is 0.0255 e. The van der Waals surface area contributed by atoms with E-state index in [0.717, 1.165) is 18.7 Å². The van der Waals surface area contributed by atoms with E-state index >= 15 is 0 Å². The first kappa shape index (κ1) is 13.6. The number of benzene rings is 1. The van der Waals surface area contributed by atoms with Crippen molar-refractivity contribution in [2.45, 2.75) is 26.2 Å². The first-order chi connectivity index (χ1) is 8.78. The van der Waals surface area contributed by atoms with Gasteiger partial charge in [-0.2, -0.15) is 11.3 Å². The number of rotatable bonds is 6. The number of alkyl halides is 1. The lowest BCUT2D eigenvalue weighted by Gasteiger charge is -2.13. The molecular formula is C16H19ClS. The van der Waals surface area contributed by atoms with E-state index in [1.807, 2.05) is 0 Å². The number of aryl methyl sites for hydroxylation is 2. The molecule has 0 amide bonds. The molecule has 96 valence electrons. The molecule has 1 aromatic heterocycles. The average molecular weight is 279 g/mol. The Morgan fingerprint density at radius 2 is 1.89 bits per heavy atom. The minimum atomic E-state index is 0.578. The van der Waals surface area contributed by atoms with Gasteiger partial charge in [-0.05, 0) is 60.1 Å². The Hall–Kier alpha value is -0.790. The quantitative estimate of drug-likeness (QED) is 0.646. The van der Waals surface area contributed by atoms with Crippen molar-refractivity contribution < 1.29 is 0 Å². The van der Waals surface area contributed by atoms with E-state index in [-0.39, 0.29) is 0 Å². The van der Waals surface area contributed by atoms with Crippen molar-refractivity contribution in [2.75, 3.05) is 5.88 Å². The highest BCUT2D eigenvalue weighted by molar-refractivity contribution is 7.07. The van der Waals surface area contributed by atoms with Gasteiger partial charge in [0.05, 0.1) is 0 Å². The van der Waals surface area contributed by atoms with Gasteiger partial charge in [0.1, 0.15) is 0 Å². The van der Waals surface area contributed by atoms with E-state index in [1.165, 1.54) is 23.1 Å². The van der Waals surface area contributed by atoms with Crippen LogP contribution in [0.2, 0.25) is 0 Å². The summed E-state index contributed by atoms with van der Waals surface area (Å²) in [6.07, 6.45) is 3.41. The molecule has 2 heteroatoms. The van der Waals surface area contributed by atoms with Gasteiger partial charge in [0.25, 0.3) is 0 Å². The fourth-order valence-corrected chi connectivity index (χ4v) is 3.06. The van der Waals surface area contributed by atoms with Crippen molar-refractivity contribution >= 4 is 22.9 Å². The summed E-state index contributed by atoms with van der Waals surface area (Å²) in [6, 6.07) is 11.0. The number of hydrogen-bond donors (Lipinski definition) is 0. The van der Waals surface area contributed by atoms with Crippen LogP contribution in [0.4, 0.5) is 0 Å². The lowest BCUT2D eigenvalue weighted by molar-refractivity contribution is 0.537. The third kappa shape index (κ3) is 4.15.